The van der Waals surface area contributed by atoms with Crippen molar-refractivity contribution in [2.24, 2.45) is 7.05 Å². The quantitative estimate of drug-likeness (QED) is 0.920. The molecule has 1 fully saturated rings. The molecule has 0 saturated carbocycles. The largest absolute Gasteiger partial charge is 0.317 e. The summed E-state index contributed by atoms with van der Waals surface area (Å²) < 4.78 is 3.11. The zero-order valence-electron chi connectivity index (χ0n) is 11.1. The van der Waals surface area contributed by atoms with Gasteiger partial charge in [-0.3, -0.25) is 4.68 Å². The molecule has 100 valence electrons. The van der Waals surface area contributed by atoms with Gasteiger partial charge in [0.15, 0.2) is 0 Å². The Morgan fingerprint density at radius 1 is 1.21 bits per heavy atom. The van der Waals surface area contributed by atoms with Crippen LogP contribution in [0.5, 0.6) is 0 Å². The molecule has 2 aromatic rings. The van der Waals surface area contributed by atoms with E-state index in [-0.39, 0.29) is 0 Å². The maximum absolute atomic E-state index is 4.71. The second-order valence-corrected chi connectivity index (χ2v) is 6.02. The van der Waals surface area contributed by atoms with E-state index in [1.807, 2.05) is 11.7 Å². The number of hydrogen-bond donors (Lipinski definition) is 1. The van der Waals surface area contributed by atoms with Crippen LogP contribution in [-0.2, 0) is 7.05 Å². The average Bonchev–Trinajstić information content (AvgIpc) is 2.83. The lowest BCUT2D eigenvalue weighted by Gasteiger charge is -2.20. The maximum atomic E-state index is 4.71. The van der Waals surface area contributed by atoms with E-state index < -0.39 is 0 Å². The Labute approximate surface area is 122 Å². The first-order chi connectivity index (χ1) is 9.24. The molecular formula is C15H18BrN3. The smallest absolute Gasteiger partial charge is 0.0681 e. The van der Waals surface area contributed by atoms with E-state index in [0.29, 0.717) is 5.92 Å². The van der Waals surface area contributed by atoms with Crippen molar-refractivity contribution in [2.45, 2.75) is 18.8 Å². The van der Waals surface area contributed by atoms with Gasteiger partial charge >= 0.3 is 0 Å². The van der Waals surface area contributed by atoms with Crippen molar-refractivity contribution < 1.29 is 0 Å². The molecule has 4 heteroatoms. The normalized spacial score (nSPS) is 16.7. The molecule has 1 aromatic carbocycles. The summed E-state index contributed by atoms with van der Waals surface area (Å²) in [6.07, 6.45) is 2.38. The van der Waals surface area contributed by atoms with Crippen molar-refractivity contribution in [2.75, 3.05) is 13.1 Å². The SMILES string of the molecule is Cn1nc(C2CCNCC2)cc1-c1ccc(Br)cc1. The fourth-order valence-electron chi connectivity index (χ4n) is 2.70. The van der Waals surface area contributed by atoms with Gasteiger partial charge in [-0.15, -0.1) is 0 Å². The molecule has 0 amide bonds. The van der Waals surface area contributed by atoms with Gasteiger partial charge in [-0.05, 0) is 49.7 Å². The van der Waals surface area contributed by atoms with E-state index in [0.717, 1.165) is 17.6 Å². The van der Waals surface area contributed by atoms with Crippen LogP contribution < -0.4 is 5.32 Å². The van der Waals surface area contributed by atoms with Gasteiger partial charge < -0.3 is 5.32 Å². The van der Waals surface area contributed by atoms with Crippen LogP contribution in [0.15, 0.2) is 34.8 Å². The zero-order valence-corrected chi connectivity index (χ0v) is 12.7. The van der Waals surface area contributed by atoms with E-state index in [1.54, 1.807) is 0 Å². The highest BCUT2D eigenvalue weighted by atomic mass is 79.9. The third kappa shape index (κ3) is 2.74. The highest BCUT2D eigenvalue weighted by Crippen LogP contribution is 2.28. The molecular weight excluding hydrogens is 302 g/mol. The predicted molar refractivity (Wildman–Crippen MR) is 81.2 cm³/mol. The van der Waals surface area contributed by atoms with Crippen LogP contribution in [0.2, 0.25) is 0 Å². The lowest BCUT2D eigenvalue weighted by atomic mass is 9.94. The van der Waals surface area contributed by atoms with Gasteiger partial charge in [0.1, 0.15) is 0 Å². The summed E-state index contributed by atoms with van der Waals surface area (Å²) in [4.78, 5) is 0. The minimum atomic E-state index is 0.608. The molecule has 1 saturated heterocycles. The first-order valence-electron chi connectivity index (χ1n) is 6.74. The van der Waals surface area contributed by atoms with Crippen LogP contribution in [0.1, 0.15) is 24.5 Å². The number of rotatable bonds is 2. The number of aromatic nitrogens is 2. The van der Waals surface area contributed by atoms with Gasteiger partial charge in [0, 0.05) is 17.4 Å². The summed E-state index contributed by atoms with van der Waals surface area (Å²) in [5.74, 6) is 0.608. The van der Waals surface area contributed by atoms with Gasteiger partial charge in [-0.1, -0.05) is 28.1 Å². The second-order valence-electron chi connectivity index (χ2n) is 5.11. The van der Waals surface area contributed by atoms with Crippen molar-refractivity contribution in [1.82, 2.24) is 15.1 Å². The highest BCUT2D eigenvalue weighted by Gasteiger charge is 2.19. The topological polar surface area (TPSA) is 29.9 Å². The number of benzene rings is 1. The van der Waals surface area contributed by atoms with Crippen LogP contribution in [0.4, 0.5) is 0 Å². The van der Waals surface area contributed by atoms with Gasteiger partial charge in [-0.2, -0.15) is 5.10 Å². The molecule has 0 unspecified atom stereocenters. The van der Waals surface area contributed by atoms with E-state index >= 15 is 0 Å². The molecule has 0 spiro atoms. The summed E-state index contributed by atoms with van der Waals surface area (Å²) in [7, 11) is 2.03. The van der Waals surface area contributed by atoms with Crippen molar-refractivity contribution >= 4 is 15.9 Å². The summed E-state index contributed by atoms with van der Waals surface area (Å²) in [6.45, 7) is 2.21. The molecule has 3 rings (SSSR count). The average molecular weight is 320 g/mol. The Morgan fingerprint density at radius 2 is 1.89 bits per heavy atom. The number of nitrogens with zero attached hydrogens (tertiary/aromatic N) is 2. The number of aryl methyl sites for hydroxylation is 1. The van der Waals surface area contributed by atoms with Crippen LogP contribution in [-0.4, -0.2) is 22.9 Å². The molecule has 19 heavy (non-hydrogen) atoms. The Balaban J connectivity index is 1.90. The highest BCUT2D eigenvalue weighted by molar-refractivity contribution is 9.10. The minimum Gasteiger partial charge on any atom is -0.317 e. The van der Waals surface area contributed by atoms with Crippen molar-refractivity contribution in [3.05, 3.63) is 40.5 Å². The molecule has 0 radical (unpaired) electrons. The van der Waals surface area contributed by atoms with Gasteiger partial charge in [-0.25, -0.2) is 0 Å². The first kappa shape index (κ1) is 12.9. The molecule has 3 nitrogen and oxygen atoms in total. The molecule has 1 N–H and O–H groups in total. The maximum Gasteiger partial charge on any atom is 0.0681 e. The lowest BCUT2D eigenvalue weighted by Crippen LogP contribution is -2.26. The fraction of sp³-hybridized carbons (Fsp3) is 0.400. The lowest BCUT2D eigenvalue weighted by molar-refractivity contribution is 0.450. The summed E-state index contributed by atoms with van der Waals surface area (Å²) in [5.41, 5.74) is 3.65. The number of halogens is 1. The monoisotopic (exact) mass is 319 g/mol. The second kappa shape index (κ2) is 5.47. The number of nitrogens with one attached hydrogen (secondary N) is 1. The molecule has 1 aliphatic rings. The number of piperidine rings is 1. The number of hydrogen-bond acceptors (Lipinski definition) is 2. The predicted octanol–water partition coefficient (Wildman–Crippen LogP) is 3.32. The molecule has 2 heterocycles. The van der Waals surface area contributed by atoms with Crippen LogP contribution in [0, 0.1) is 0 Å². The van der Waals surface area contributed by atoms with E-state index in [9.17, 15) is 0 Å². The zero-order chi connectivity index (χ0) is 13.2. The molecule has 0 atom stereocenters. The molecule has 1 aromatic heterocycles. The summed E-state index contributed by atoms with van der Waals surface area (Å²) in [6, 6.07) is 10.7. The Hall–Kier alpha value is -1.13. The summed E-state index contributed by atoms with van der Waals surface area (Å²) >= 11 is 3.47. The fourth-order valence-corrected chi connectivity index (χ4v) is 2.96. The third-order valence-electron chi connectivity index (χ3n) is 3.80. The van der Waals surface area contributed by atoms with Crippen molar-refractivity contribution in [3.63, 3.8) is 0 Å². The van der Waals surface area contributed by atoms with E-state index in [1.165, 1.54) is 29.8 Å². The Morgan fingerprint density at radius 3 is 2.58 bits per heavy atom. The minimum absolute atomic E-state index is 0.608. The van der Waals surface area contributed by atoms with Gasteiger partial charge in [0.25, 0.3) is 0 Å². The standard InChI is InChI=1S/C15H18BrN3/c1-19-15(12-2-4-13(16)5-3-12)10-14(18-19)11-6-8-17-9-7-11/h2-5,10-11,17H,6-9H2,1H3. The summed E-state index contributed by atoms with van der Waals surface area (Å²) in [5, 5.41) is 8.11. The molecule has 1 aliphatic heterocycles. The Kier molecular flexibility index (Phi) is 3.71. The van der Waals surface area contributed by atoms with Crippen LogP contribution in [0.3, 0.4) is 0 Å². The van der Waals surface area contributed by atoms with Crippen molar-refractivity contribution in [3.8, 4) is 11.3 Å². The van der Waals surface area contributed by atoms with Crippen LogP contribution in [0.25, 0.3) is 11.3 Å². The first-order valence-corrected chi connectivity index (χ1v) is 7.54. The Bertz CT molecular complexity index is 553. The van der Waals surface area contributed by atoms with Gasteiger partial charge in [0.05, 0.1) is 11.4 Å². The van der Waals surface area contributed by atoms with E-state index in [4.69, 9.17) is 5.10 Å². The third-order valence-corrected chi connectivity index (χ3v) is 4.32. The van der Waals surface area contributed by atoms with Crippen molar-refractivity contribution in [1.29, 1.82) is 0 Å². The molecule has 0 bridgehead atoms. The molecule has 0 aliphatic carbocycles. The van der Waals surface area contributed by atoms with Gasteiger partial charge in [0.2, 0.25) is 0 Å². The van der Waals surface area contributed by atoms with Crippen LogP contribution >= 0.6 is 15.9 Å². The van der Waals surface area contributed by atoms with E-state index in [2.05, 4.69) is 51.6 Å².